The van der Waals surface area contributed by atoms with E-state index in [4.69, 9.17) is 14.2 Å². The highest BCUT2D eigenvalue weighted by Crippen LogP contribution is 2.65. The standard InChI is InChI=1S/C33H54N4O9/c1-10-12-13-15-23(27(45-21(4)39)29(41)34-17-11-2)35-28(40)26-25-22(33(25,8)9)19-37(26)30(42)24(16-14-18-44-20(3)38)36-31(43)46-32(5,6)7/h11,22-27H,2,10,12-19H2,1,3-9H3,(H,34,41)(H,35,40)(H,36,43)/t22-,23-,24-,25-,26-,27?/m0/s1. The predicted molar refractivity (Wildman–Crippen MR) is 170 cm³/mol. The Morgan fingerprint density at radius 2 is 1.67 bits per heavy atom. The van der Waals surface area contributed by atoms with Gasteiger partial charge in [0.05, 0.1) is 12.6 Å². The lowest BCUT2D eigenvalue weighted by Crippen LogP contribution is -2.59. The molecule has 2 fully saturated rings. The number of amides is 4. The van der Waals surface area contributed by atoms with Gasteiger partial charge in [0, 0.05) is 26.9 Å². The lowest BCUT2D eigenvalue weighted by atomic mass is 9.97. The smallest absolute Gasteiger partial charge is 0.408 e. The van der Waals surface area contributed by atoms with E-state index >= 15 is 0 Å². The minimum Gasteiger partial charge on any atom is -0.466 e. The maximum Gasteiger partial charge on any atom is 0.408 e. The largest absolute Gasteiger partial charge is 0.466 e. The Bertz CT molecular complexity index is 1130. The number of alkyl carbamates (subject to hydrolysis) is 1. The number of carbonyl (C=O) groups is 6. The second kappa shape index (κ2) is 16.8. The third kappa shape index (κ3) is 11.0. The number of hydrogen-bond donors (Lipinski definition) is 3. The van der Waals surface area contributed by atoms with Gasteiger partial charge in [0.1, 0.15) is 17.7 Å². The van der Waals surface area contributed by atoms with Gasteiger partial charge < -0.3 is 35.1 Å². The molecule has 4 amide bonds. The molecule has 0 bridgehead atoms. The first-order valence-electron chi connectivity index (χ1n) is 16.2. The fraction of sp³-hybridized carbons (Fsp3) is 0.758. The predicted octanol–water partition coefficient (Wildman–Crippen LogP) is 3.01. The van der Waals surface area contributed by atoms with Crippen LogP contribution in [0.5, 0.6) is 0 Å². The van der Waals surface area contributed by atoms with Gasteiger partial charge in [0.15, 0.2) is 6.10 Å². The lowest BCUT2D eigenvalue weighted by molar-refractivity contribution is -0.157. The molecule has 260 valence electrons. The summed E-state index contributed by atoms with van der Waals surface area (Å²) in [5.41, 5.74) is -1.02. The lowest BCUT2D eigenvalue weighted by Gasteiger charge is -2.35. The average Bonchev–Trinajstić information content (AvgIpc) is 3.26. The molecule has 6 atom stereocenters. The first kappa shape index (κ1) is 38.5. The van der Waals surface area contributed by atoms with Crippen molar-refractivity contribution < 1.29 is 43.0 Å². The van der Waals surface area contributed by atoms with Crippen LogP contribution < -0.4 is 16.0 Å². The third-order valence-electron chi connectivity index (χ3n) is 8.48. The molecule has 1 aliphatic carbocycles. The summed E-state index contributed by atoms with van der Waals surface area (Å²) in [6, 6.07) is -2.77. The molecule has 0 aromatic heterocycles. The number of carbonyl (C=O) groups excluding carboxylic acids is 6. The Hall–Kier alpha value is -3.64. The minimum atomic E-state index is -1.28. The second-order valence-corrected chi connectivity index (χ2v) is 13.7. The van der Waals surface area contributed by atoms with E-state index in [1.54, 1.807) is 20.8 Å². The topological polar surface area (TPSA) is 169 Å². The Morgan fingerprint density at radius 1 is 1.00 bits per heavy atom. The number of unbranched alkanes of at least 4 members (excludes halogenated alkanes) is 2. The highest BCUT2D eigenvalue weighted by molar-refractivity contribution is 5.93. The van der Waals surface area contributed by atoms with Crippen LogP contribution in [-0.4, -0.2) is 90.2 Å². The van der Waals surface area contributed by atoms with E-state index < -0.39 is 65.6 Å². The van der Waals surface area contributed by atoms with Crippen molar-refractivity contribution in [3.63, 3.8) is 0 Å². The van der Waals surface area contributed by atoms with Crippen molar-refractivity contribution in [3.8, 4) is 0 Å². The number of esters is 2. The molecule has 1 unspecified atom stereocenters. The van der Waals surface area contributed by atoms with Gasteiger partial charge in [0.25, 0.3) is 5.91 Å². The molecule has 2 rings (SSSR count). The van der Waals surface area contributed by atoms with Gasteiger partial charge >= 0.3 is 18.0 Å². The van der Waals surface area contributed by atoms with Gasteiger partial charge in [-0.2, -0.15) is 0 Å². The number of likely N-dealkylation sites (tertiary alicyclic amines) is 1. The van der Waals surface area contributed by atoms with Crippen LogP contribution in [0.15, 0.2) is 12.7 Å². The van der Waals surface area contributed by atoms with Crippen LogP contribution in [0.4, 0.5) is 4.79 Å². The van der Waals surface area contributed by atoms with E-state index in [0.717, 1.165) is 12.8 Å². The fourth-order valence-corrected chi connectivity index (χ4v) is 6.18. The van der Waals surface area contributed by atoms with E-state index in [0.29, 0.717) is 19.4 Å². The molecule has 0 aromatic rings. The average molecular weight is 651 g/mol. The third-order valence-corrected chi connectivity index (χ3v) is 8.48. The minimum absolute atomic E-state index is 0.0501. The number of rotatable bonds is 17. The van der Waals surface area contributed by atoms with Crippen LogP contribution in [0.25, 0.3) is 0 Å². The van der Waals surface area contributed by atoms with Crippen molar-refractivity contribution in [1.29, 1.82) is 0 Å². The van der Waals surface area contributed by atoms with Gasteiger partial charge in [-0.3, -0.25) is 24.0 Å². The Labute approximate surface area is 272 Å². The molecule has 1 aliphatic heterocycles. The Kier molecular flexibility index (Phi) is 14.1. The highest BCUT2D eigenvalue weighted by Gasteiger charge is 2.69. The van der Waals surface area contributed by atoms with Gasteiger partial charge in [-0.05, 0) is 57.3 Å². The molecular formula is C33H54N4O9. The van der Waals surface area contributed by atoms with Gasteiger partial charge in [-0.1, -0.05) is 46.1 Å². The number of piperidine rings is 1. The molecule has 46 heavy (non-hydrogen) atoms. The zero-order valence-corrected chi connectivity index (χ0v) is 28.7. The van der Waals surface area contributed by atoms with Crippen LogP contribution in [-0.2, 0) is 38.2 Å². The van der Waals surface area contributed by atoms with E-state index in [9.17, 15) is 28.8 Å². The summed E-state index contributed by atoms with van der Waals surface area (Å²) in [4.78, 5) is 78.9. The van der Waals surface area contributed by atoms with Crippen LogP contribution in [0.3, 0.4) is 0 Å². The summed E-state index contributed by atoms with van der Waals surface area (Å²) in [6.45, 7) is 17.8. The summed E-state index contributed by atoms with van der Waals surface area (Å²) in [5, 5.41) is 8.28. The highest BCUT2D eigenvalue weighted by atomic mass is 16.6. The van der Waals surface area contributed by atoms with Gasteiger partial charge in [-0.15, -0.1) is 6.58 Å². The quantitative estimate of drug-likeness (QED) is 0.0927. The molecule has 1 heterocycles. The summed E-state index contributed by atoms with van der Waals surface area (Å²) in [6.07, 6.45) is 2.64. The first-order valence-corrected chi connectivity index (χ1v) is 16.2. The molecule has 1 saturated heterocycles. The van der Waals surface area contributed by atoms with E-state index in [1.807, 2.05) is 20.8 Å². The zero-order valence-electron chi connectivity index (χ0n) is 28.7. The van der Waals surface area contributed by atoms with Crippen molar-refractivity contribution in [2.24, 2.45) is 17.3 Å². The van der Waals surface area contributed by atoms with Crippen LogP contribution in [0.2, 0.25) is 0 Å². The SMILES string of the molecule is C=CCNC(=O)C(OC(C)=O)[C@H](CCCCC)NC(=O)[C@@H]1[C@@H]2[C@H](CN1C(=O)[C@H](CCCOC(C)=O)NC(=O)OC(C)(C)C)C2(C)C. The van der Waals surface area contributed by atoms with Crippen molar-refractivity contribution >= 4 is 35.8 Å². The van der Waals surface area contributed by atoms with Crippen molar-refractivity contribution in [3.05, 3.63) is 12.7 Å². The molecule has 0 aromatic carbocycles. The molecule has 0 radical (unpaired) electrons. The molecular weight excluding hydrogens is 596 g/mol. The Balaban J connectivity index is 2.37. The number of ether oxygens (including phenoxy) is 3. The van der Waals surface area contributed by atoms with E-state index in [-0.39, 0.29) is 43.2 Å². The molecule has 3 N–H and O–H groups in total. The van der Waals surface area contributed by atoms with Crippen LogP contribution in [0.1, 0.15) is 93.9 Å². The van der Waals surface area contributed by atoms with Gasteiger partial charge in [-0.25, -0.2) is 4.79 Å². The number of hydrogen-bond acceptors (Lipinski definition) is 9. The normalized spacial score (nSPS) is 21.5. The maximum absolute atomic E-state index is 14.2. The molecule has 13 nitrogen and oxygen atoms in total. The van der Waals surface area contributed by atoms with Gasteiger partial charge in [0.2, 0.25) is 11.8 Å². The molecule has 1 saturated carbocycles. The number of nitrogens with one attached hydrogen (secondary N) is 3. The fourth-order valence-electron chi connectivity index (χ4n) is 6.18. The van der Waals surface area contributed by atoms with Crippen LogP contribution >= 0.6 is 0 Å². The van der Waals surface area contributed by atoms with Crippen molar-refractivity contribution in [1.82, 2.24) is 20.9 Å². The summed E-state index contributed by atoms with van der Waals surface area (Å²) in [5.74, 6) is -2.71. The number of nitrogens with zero attached hydrogens (tertiary/aromatic N) is 1. The molecule has 2 aliphatic rings. The monoisotopic (exact) mass is 650 g/mol. The summed E-state index contributed by atoms with van der Waals surface area (Å²) >= 11 is 0. The summed E-state index contributed by atoms with van der Waals surface area (Å²) in [7, 11) is 0. The van der Waals surface area contributed by atoms with Crippen molar-refractivity contribution in [2.45, 2.75) is 124 Å². The number of fused-ring (bicyclic) bond motifs is 1. The van der Waals surface area contributed by atoms with Crippen molar-refractivity contribution in [2.75, 3.05) is 19.7 Å². The zero-order chi connectivity index (χ0) is 34.8. The van der Waals surface area contributed by atoms with Crippen LogP contribution in [0, 0.1) is 17.3 Å². The molecule has 0 spiro atoms. The maximum atomic E-state index is 14.2. The summed E-state index contributed by atoms with van der Waals surface area (Å²) < 4.78 is 15.9. The first-order chi connectivity index (χ1) is 21.4. The molecule has 13 heteroatoms. The van der Waals surface area contributed by atoms with E-state index in [2.05, 4.69) is 22.5 Å². The Morgan fingerprint density at radius 3 is 2.24 bits per heavy atom. The van der Waals surface area contributed by atoms with E-state index in [1.165, 1.54) is 24.8 Å². The second-order valence-electron chi connectivity index (χ2n) is 13.7.